The van der Waals surface area contributed by atoms with Crippen molar-refractivity contribution in [1.29, 1.82) is 0 Å². The second kappa shape index (κ2) is 6.94. The average molecular weight is 361 g/mol. The highest BCUT2D eigenvalue weighted by atomic mass is 79.9. The van der Waals surface area contributed by atoms with Crippen LogP contribution in [0.25, 0.3) is 0 Å². The van der Waals surface area contributed by atoms with Gasteiger partial charge in [0.2, 0.25) is 0 Å². The van der Waals surface area contributed by atoms with Gasteiger partial charge in [0.1, 0.15) is 6.10 Å². The van der Waals surface area contributed by atoms with Gasteiger partial charge in [-0.3, -0.25) is 0 Å². The second-order valence-electron chi connectivity index (χ2n) is 5.16. The molecule has 2 amide bonds. The maximum Gasteiger partial charge on any atom is 0.322 e. The minimum absolute atomic E-state index is 0.0884. The van der Waals surface area contributed by atoms with Crippen LogP contribution < -0.4 is 5.32 Å². The van der Waals surface area contributed by atoms with E-state index in [1.165, 1.54) is 0 Å². The van der Waals surface area contributed by atoms with Crippen molar-refractivity contribution >= 4 is 27.6 Å². The summed E-state index contributed by atoms with van der Waals surface area (Å²) in [5.41, 5.74) is 1.88. The number of amides is 2. The van der Waals surface area contributed by atoms with Crippen molar-refractivity contribution in [3.05, 3.63) is 64.6 Å². The zero-order valence-corrected chi connectivity index (χ0v) is 13.6. The zero-order chi connectivity index (χ0) is 15.4. The van der Waals surface area contributed by atoms with Gasteiger partial charge in [0, 0.05) is 16.7 Å². The van der Waals surface area contributed by atoms with Crippen LogP contribution in [0.3, 0.4) is 0 Å². The van der Waals surface area contributed by atoms with Crippen molar-refractivity contribution in [2.24, 2.45) is 0 Å². The van der Waals surface area contributed by atoms with E-state index < -0.39 is 0 Å². The van der Waals surface area contributed by atoms with E-state index in [2.05, 4.69) is 21.2 Å². The lowest BCUT2D eigenvalue weighted by atomic mass is 10.1. The molecule has 0 aliphatic carbocycles. The Balaban J connectivity index is 1.66. The highest BCUT2D eigenvalue weighted by Crippen LogP contribution is 2.25. The number of ether oxygens (including phenoxy) is 1. The number of halogens is 1. The molecule has 0 spiro atoms. The Bertz CT molecular complexity index is 648. The fourth-order valence-electron chi connectivity index (χ4n) is 2.47. The molecule has 3 rings (SSSR count). The van der Waals surface area contributed by atoms with E-state index in [1.54, 1.807) is 4.90 Å². The summed E-state index contributed by atoms with van der Waals surface area (Å²) in [6.45, 7) is 1.69. The molecule has 0 saturated carbocycles. The van der Waals surface area contributed by atoms with E-state index in [0.29, 0.717) is 19.7 Å². The summed E-state index contributed by atoms with van der Waals surface area (Å²) in [5, 5.41) is 2.92. The molecular formula is C17H17BrN2O2. The van der Waals surface area contributed by atoms with Crippen LogP contribution >= 0.6 is 15.9 Å². The smallest absolute Gasteiger partial charge is 0.322 e. The Kier molecular flexibility index (Phi) is 4.75. The molecule has 1 unspecified atom stereocenters. The van der Waals surface area contributed by atoms with Gasteiger partial charge in [0.15, 0.2) is 0 Å². The predicted molar refractivity (Wildman–Crippen MR) is 89.9 cm³/mol. The Hall–Kier alpha value is -1.85. The normalized spacial score (nSPS) is 18.0. The molecule has 2 aromatic rings. The zero-order valence-electron chi connectivity index (χ0n) is 12.0. The largest absolute Gasteiger partial charge is 0.370 e. The maximum absolute atomic E-state index is 12.4. The number of urea groups is 1. The molecule has 1 aliphatic heterocycles. The standard InChI is InChI=1S/C17H17BrN2O2/c18-14-6-4-5-13(11-14)16-12-20(9-10-22-16)17(21)19-15-7-2-1-3-8-15/h1-8,11,16H,9-10,12H2,(H,19,21). The molecule has 1 atom stereocenters. The highest BCUT2D eigenvalue weighted by molar-refractivity contribution is 9.10. The number of carbonyl (C=O) groups is 1. The van der Waals surface area contributed by atoms with Gasteiger partial charge in [0.25, 0.3) is 0 Å². The van der Waals surface area contributed by atoms with Gasteiger partial charge in [-0.2, -0.15) is 0 Å². The third-order valence-corrected chi connectivity index (χ3v) is 4.09. The minimum Gasteiger partial charge on any atom is -0.370 e. The van der Waals surface area contributed by atoms with Crippen molar-refractivity contribution in [1.82, 2.24) is 4.90 Å². The summed E-state index contributed by atoms with van der Waals surface area (Å²) < 4.78 is 6.82. The van der Waals surface area contributed by atoms with Crippen LogP contribution in [0.1, 0.15) is 11.7 Å². The van der Waals surface area contributed by atoms with Crippen LogP contribution in [0.5, 0.6) is 0 Å². The molecule has 1 fully saturated rings. The molecule has 114 valence electrons. The average Bonchev–Trinajstić information content (AvgIpc) is 2.56. The molecular weight excluding hydrogens is 344 g/mol. The Labute approximate surface area is 138 Å². The van der Waals surface area contributed by atoms with E-state index >= 15 is 0 Å². The van der Waals surface area contributed by atoms with Gasteiger partial charge in [0.05, 0.1) is 13.2 Å². The number of para-hydroxylation sites is 1. The Morgan fingerprint density at radius 3 is 2.77 bits per heavy atom. The molecule has 2 aromatic carbocycles. The van der Waals surface area contributed by atoms with Crippen LogP contribution in [-0.4, -0.2) is 30.6 Å². The fraction of sp³-hybridized carbons (Fsp3) is 0.235. The first-order valence-electron chi connectivity index (χ1n) is 7.20. The summed E-state index contributed by atoms with van der Waals surface area (Å²) in [7, 11) is 0. The van der Waals surface area contributed by atoms with Gasteiger partial charge in [-0.05, 0) is 29.8 Å². The monoisotopic (exact) mass is 360 g/mol. The third-order valence-electron chi connectivity index (χ3n) is 3.60. The van der Waals surface area contributed by atoms with Crippen molar-refractivity contribution in [3.8, 4) is 0 Å². The molecule has 0 radical (unpaired) electrons. The van der Waals surface area contributed by atoms with E-state index in [-0.39, 0.29) is 12.1 Å². The van der Waals surface area contributed by atoms with Crippen LogP contribution in [0.15, 0.2) is 59.1 Å². The lowest BCUT2D eigenvalue weighted by Gasteiger charge is -2.33. The molecule has 1 N–H and O–H groups in total. The van der Waals surface area contributed by atoms with E-state index in [4.69, 9.17) is 4.74 Å². The second-order valence-corrected chi connectivity index (χ2v) is 6.07. The molecule has 1 saturated heterocycles. The summed E-state index contributed by atoms with van der Waals surface area (Å²) >= 11 is 3.47. The van der Waals surface area contributed by atoms with Gasteiger partial charge in [-0.1, -0.05) is 46.3 Å². The molecule has 0 bridgehead atoms. The van der Waals surface area contributed by atoms with Crippen LogP contribution in [0, 0.1) is 0 Å². The first-order chi connectivity index (χ1) is 10.7. The maximum atomic E-state index is 12.4. The van der Waals surface area contributed by atoms with Crippen molar-refractivity contribution in [3.63, 3.8) is 0 Å². The van der Waals surface area contributed by atoms with Crippen molar-refractivity contribution in [2.45, 2.75) is 6.10 Å². The van der Waals surface area contributed by atoms with Gasteiger partial charge in [-0.25, -0.2) is 4.79 Å². The minimum atomic E-state index is -0.0900. The molecule has 1 heterocycles. The number of nitrogens with zero attached hydrogens (tertiary/aromatic N) is 1. The van der Waals surface area contributed by atoms with Crippen LogP contribution in [0.4, 0.5) is 10.5 Å². The van der Waals surface area contributed by atoms with Crippen LogP contribution in [0.2, 0.25) is 0 Å². The van der Waals surface area contributed by atoms with E-state index in [9.17, 15) is 4.79 Å². The first kappa shape index (κ1) is 15.1. The number of anilines is 1. The molecule has 5 heteroatoms. The number of benzene rings is 2. The van der Waals surface area contributed by atoms with Crippen molar-refractivity contribution in [2.75, 3.05) is 25.0 Å². The van der Waals surface area contributed by atoms with Gasteiger partial charge in [-0.15, -0.1) is 0 Å². The van der Waals surface area contributed by atoms with Crippen molar-refractivity contribution < 1.29 is 9.53 Å². The number of rotatable bonds is 2. The lowest BCUT2D eigenvalue weighted by molar-refractivity contribution is -0.0135. The first-order valence-corrected chi connectivity index (χ1v) is 8.00. The number of hydrogen-bond acceptors (Lipinski definition) is 2. The fourth-order valence-corrected chi connectivity index (χ4v) is 2.88. The molecule has 4 nitrogen and oxygen atoms in total. The lowest BCUT2D eigenvalue weighted by Crippen LogP contribution is -2.44. The van der Waals surface area contributed by atoms with Crippen LogP contribution in [-0.2, 0) is 4.74 Å². The summed E-state index contributed by atoms with van der Waals surface area (Å²) in [4.78, 5) is 14.2. The number of carbonyl (C=O) groups excluding carboxylic acids is 1. The number of hydrogen-bond donors (Lipinski definition) is 1. The molecule has 0 aromatic heterocycles. The number of morpholine rings is 1. The van der Waals surface area contributed by atoms with E-state index in [1.807, 2.05) is 54.6 Å². The molecule has 22 heavy (non-hydrogen) atoms. The Morgan fingerprint density at radius 2 is 2.00 bits per heavy atom. The van der Waals surface area contributed by atoms with E-state index in [0.717, 1.165) is 15.7 Å². The quantitative estimate of drug-likeness (QED) is 0.877. The summed E-state index contributed by atoms with van der Waals surface area (Å²) in [6.07, 6.45) is -0.0900. The SMILES string of the molecule is O=C(Nc1ccccc1)N1CCOC(c2cccc(Br)c2)C1. The topological polar surface area (TPSA) is 41.6 Å². The number of nitrogens with one attached hydrogen (secondary N) is 1. The third kappa shape index (κ3) is 3.67. The Morgan fingerprint density at radius 1 is 1.18 bits per heavy atom. The van der Waals surface area contributed by atoms with Gasteiger partial charge >= 0.3 is 6.03 Å². The summed E-state index contributed by atoms with van der Waals surface area (Å²) in [5.74, 6) is 0. The van der Waals surface area contributed by atoms with Gasteiger partial charge < -0.3 is 15.0 Å². The highest BCUT2D eigenvalue weighted by Gasteiger charge is 2.25. The summed E-state index contributed by atoms with van der Waals surface area (Å²) in [6, 6.07) is 17.4. The molecule has 1 aliphatic rings. The predicted octanol–water partition coefficient (Wildman–Crippen LogP) is 4.05.